The number of rotatable bonds is 6. The predicted octanol–water partition coefficient (Wildman–Crippen LogP) is 5.64. The molecule has 4 rings (SSSR count). The number of hydrogen-bond acceptors (Lipinski definition) is 6. The van der Waals surface area contributed by atoms with E-state index in [0.717, 1.165) is 28.7 Å². The monoisotopic (exact) mass is 423 g/mol. The van der Waals surface area contributed by atoms with E-state index in [1.165, 1.54) is 0 Å². The van der Waals surface area contributed by atoms with Crippen LogP contribution in [0.3, 0.4) is 0 Å². The van der Waals surface area contributed by atoms with Crippen molar-refractivity contribution in [2.24, 2.45) is 0 Å². The number of fused-ring (bicyclic) bond motifs is 1. The van der Waals surface area contributed by atoms with Crippen molar-refractivity contribution in [1.82, 2.24) is 15.0 Å². The summed E-state index contributed by atoms with van der Waals surface area (Å²) in [5, 5.41) is 10.7. The maximum absolute atomic E-state index is 10.1. The molecule has 1 N–H and O–H groups in total. The van der Waals surface area contributed by atoms with Crippen LogP contribution < -0.4 is 4.74 Å². The number of ether oxygens (including phenoxy) is 1. The normalized spacial score (nSPS) is 11.2. The zero-order valence-corrected chi connectivity index (χ0v) is 17.8. The van der Waals surface area contributed by atoms with Crippen molar-refractivity contribution in [3.05, 3.63) is 63.9 Å². The Morgan fingerprint density at radius 1 is 1.03 bits per heavy atom. The maximum atomic E-state index is 10.1. The summed E-state index contributed by atoms with van der Waals surface area (Å²) in [6, 6.07) is 11.2. The van der Waals surface area contributed by atoms with Crippen LogP contribution in [-0.2, 0) is 6.42 Å². The van der Waals surface area contributed by atoms with Crippen molar-refractivity contribution in [3.8, 4) is 23.1 Å². The molecule has 0 radical (unpaired) electrons. The number of aromatic hydroxyl groups is 1. The van der Waals surface area contributed by atoms with Gasteiger partial charge in [-0.15, -0.1) is 0 Å². The Bertz CT molecular complexity index is 1180. The summed E-state index contributed by atoms with van der Waals surface area (Å²) in [6.07, 6.45) is 1.36. The standard InChI is InChI=1S/C23H22ClN3O3/c1-4-9-29-22-19-23(26-18(25-22)12-15-5-7-17(24)8-6-15)30-21(27-19)16-10-13(2)20(28)14(3)11-16/h5-8,10-11,28H,4,9,12H2,1-3H3. The molecule has 2 heterocycles. The predicted molar refractivity (Wildman–Crippen MR) is 116 cm³/mol. The van der Waals surface area contributed by atoms with Crippen molar-refractivity contribution < 1.29 is 14.3 Å². The number of nitrogens with zero attached hydrogens (tertiary/aromatic N) is 3. The third kappa shape index (κ3) is 4.09. The molecule has 7 heteroatoms. The first-order valence-electron chi connectivity index (χ1n) is 9.80. The van der Waals surface area contributed by atoms with E-state index in [2.05, 4.69) is 15.0 Å². The van der Waals surface area contributed by atoms with Crippen molar-refractivity contribution in [1.29, 1.82) is 0 Å². The van der Waals surface area contributed by atoms with E-state index in [9.17, 15) is 5.11 Å². The summed E-state index contributed by atoms with van der Waals surface area (Å²) in [6.45, 7) is 6.23. The number of phenolic OH excluding ortho intramolecular Hbond substituents is 1. The Morgan fingerprint density at radius 2 is 1.73 bits per heavy atom. The Kier molecular flexibility index (Phi) is 5.59. The molecule has 2 aromatic heterocycles. The highest BCUT2D eigenvalue weighted by molar-refractivity contribution is 6.30. The van der Waals surface area contributed by atoms with Gasteiger partial charge in [0.25, 0.3) is 5.71 Å². The highest BCUT2D eigenvalue weighted by Gasteiger charge is 2.18. The van der Waals surface area contributed by atoms with Gasteiger partial charge < -0.3 is 14.3 Å². The van der Waals surface area contributed by atoms with Gasteiger partial charge in [0.15, 0.2) is 5.52 Å². The van der Waals surface area contributed by atoms with E-state index in [4.69, 9.17) is 20.8 Å². The lowest BCUT2D eigenvalue weighted by atomic mass is 10.1. The molecule has 0 bridgehead atoms. The molecule has 30 heavy (non-hydrogen) atoms. The third-order valence-electron chi connectivity index (χ3n) is 4.73. The van der Waals surface area contributed by atoms with E-state index in [0.29, 0.717) is 46.9 Å². The van der Waals surface area contributed by atoms with Crippen LogP contribution in [0.15, 0.2) is 40.8 Å². The van der Waals surface area contributed by atoms with Gasteiger partial charge in [-0.1, -0.05) is 30.7 Å². The molecule has 0 aliphatic carbocycles. The molecule has 0 fully saturated rings. The zero-order chi connectivity index (χ0) is 21.3. The van der Waals surface area contributed by atoms with Crippen molar-refractivity contribution in [3.63, 3.8) is 0 Å². The van der Waals surface area contributed by atoms with E-state index in [-0.39, 0.29) is 5.75 Å². The third-order valence-corrected chi connectivity index (χ3v) is 4.98. The fourth-order valence-electron chi connectivity index (χ4n) is 3.21. The highest BCUT2D eigenvalue weighted by atomic mass is 35.5. The molecule has 0 atom stereocenters. The molecule has 4 aromatic rings. The number of hydrogen-bond donors (Lipinski definition) is 1. The van der Waals surface area contributed by atoms with Crippen molar-refractivity contribution in [2.45, 2.75) is 33.6 Å². The van der Waals surface area contributed by atoms with Crippen LogP contribution in [0.25, 0.3) is 22.7 Å². The lowest BCUT2D eigenvalue weighted by molar-refractivity contribution is 0.307. The van der Waals surface area contributed by atoms with E-state index < -0.39 is 0 Å². The average Bonchev–Trinajstić information content (AvgIpc) is 3.16. The van der Waals surface area contributed by atoms with Gasteiger partial charge in [0, 0.05) is 17.0 Å². The van der Waals surface area contributed by atoms with E-state index >= 15 is 0 Å². The van der Waals surface area contributed by atoms with Crippen LogP contribution in [-0.4, -0.2) is 26.7 Å². The number of aromatic nitrogens is 3. The van der Waals surface area contributed by atoms with E-state index in [1.54, 1.807) is 0 Å². The molecule has 0 aliphatic heterocycles. The summed E-state index contributed by atoms with van der Waals surface area (Å²) >= 11 is 5.98. The van der Waals surface area contributed by atoms with Gasteiger partial charge in [-0.3, -0.25) is 0 Å². The average molecular weight is 424 g/mol. The van der Waals surface area contributed by atoms with Crippen LogP contribution in [0.2, 0.25) is 5.02 Å². The molecule has 6 nitrogen and oxygen atoms in total. The summed E-state index contributed by atoms with van der Waals surface area (Å²) < 4.78 is 11.8. The first-order valence-corrected chi connectivity index (χ1v) is 10.2. The number of oxazole rings is 1. The summed E-state index contributed by atoms with van der Waals surface area (Å²) in [7, 11) is 0. The maximum Gasteiger partial charge on any atom is 0.254 e. The minimum atomic E-state index is 0.270. The second kappa shape index (κ2) is 8.32. The first kappa shape index (κ1) is 20.2. The second-order valence-corrected chi connectivity index (χ2v) is 7.66. The Balaban J connectivity index is 1.78. The van der Waals surface area contributed by atoms with Crippen molar-refractivity contribution in [2.75, 3.05) is 6.61 Å². The fourth-order valence-corrected chi connectivity index (χ4v) is 3.33. The summed E-state index contributed by atoms with van der Waals surface area (Å²) in [5.41, 5.74) is 4.17. The SMILES string of the molecule is CCCOc1nc(Cc2ccc(Cl)cc2)nc2oc(-c3cc(C)c(O)c(C)c3)nc12. The smallest absolute Gasteiger partial charge is 0.254 e. The van der Waals surface area contributed by atoms with Gasteiger partial charge in [0.2, 0.25) is 11.8 Å². The molecule has 0 unspecified atom stereocenters. The quantitative estimate of drug-likeness (QED) is 0.432. The van der Waals surface area contributed by atoms with E-state index in [1.807, 2.05) is 57.2 Å². The second-order valence-electron chi connectivity index (χ2n) is 7.23. The molecule has 0 spiro atoms. The lowest BCUT2D eigenvalue weighted by Crippen LogP contribution is -2.03. The molecular weight excluding hydrogens is 402 g/mol. The summed E-state index contributed by atoms with van der Waals surface area (Å²) in [5.74, 6) is 1.67. The lowest BCUT2D eigenvalue weighted by Gasteiger charge is -2.06. The van der Waals surface area contributed by atoms with Gasteiger partial charge >= 0.3 is 0 Å². The van der Waals surface area contributed by atoms with Gasteiger partial charge in [-0.05, 0) is 61.2 Å². The zero-order valence-electron chi connectivity index (χ0n) is 17.1. The van der Waals surface area contributed by atoms with Crippen LogP contribution >= 0.6 is 11.6 Å². The van der Waals surface area contributed by atoms with Gasteiger partial charge in [0.05, 0.1) is 6.61 Å². The number of halogens is 1. The molecule has 0 aliphatic rings. The molecule has 154 valence electrons. The molecule has 2 aromatic carbocycles. The number of phenols is 1. The first-order chi connectivity index (χ1) is 14.4. The summed E-state index contributed by atoms with van der Waals surface area (Å²) in [4.78, 5) is 13.7. The van der Waals surface area contributed by atoms with Gasteiger partial charge in [-0.2, -0.15) is 9.97 Å². The molecule has 0 saturated carbocycles. The minimum absolute atomic E-state index is 0.270. The van der Waals surface area contributed by atoms with Gasteiger partial charge in [-0.25, -0.2) is 4.98 Å². The van der Waals surface area contributed by atoms with Crippen LogP contribution in [0.5, 0.6) is 11.6 Å². The minimum Gasteiger partial charge on any atom is -0.507 e. The molecular formula is C23H22ClN3O3. The molecule has 0 amide bonds. The Morgan fingerprint density at radius 3 is 2.40 bits per heavy atom. The number of benzene rings is 2. The largest absolute Gasteiger partial charge is 0.507 e. The van der Waals surface area contributed by atoms with Crippen molar-refractivity contribution >= 4 is 22.8 Å². The van der Waals surface area contributed by atoms with Gasteiger partial charge in [0.1, 0.15) is 11.6 Å². The van der Waals surface area contributed by atoms with Crippen LogP contribution in [0, 0.1) is 13.8 Å². The Labute approximate surface area is 179 Å². The van der Waals surface area contributed by atoms with Crippen LogP contribution in [0.1, 0.15) is 35.9 Å². The topological polar surface area (TPSA) is 81.3 Å². The van der Waals surface area contributed by atoms with Crippen LogP contribution in [0.4, 0.5) is 0 Å². The fraction of sp³-hybridized carbons (Fsp3) is 0.261. The number of aryl methyl sites for hydroxylation is 2. The molecule has 0 saturated heterocycles. The Hall–Kier alpha value is -3.12. The highest BCUT2D eigenvalue weighted by Crippen LogP contribution is 2.32.